The largest absolute Gasteiger partial charge is 0.507 e. The molecule has 4 aromatic carbocycles. The van der Waals surface area contributed by atoms with Crippen LogP contribution in [0.15, 0.2) is 103 Å². The number of hydrogen-bond acceptors (Lipinski definition) is 8. The molecule has 5 heterocycles. The van der Waals surface area contributed by atoms with Crippen molar-refractivity contribution in [2.45, 2.75) is 58.0 Å². The van der Waals surface area contributed by atoms with Gasteiger partial charge in [-0.3, -0.25) is 33.7 Å². The zero-order valence-corrected chi connectivity index (χ0v) is 36.3. The van der Waals surface area contributed by atoms with E-state index in [1.54, 1.807) is 28.0 Å². The summed E-state index contributed by atoms with van der Waals surface area (Å²) in [5, 5.41) is 20.2. The van der Waals surface area contributed by atoms with Crippen molar-refractivity contribution in [1.29, 1.82) is 0 Å². The molecule has 1 saturated carbocycles. The number of rotatable bonds is 6. The van der Waals surface area contributed by atoms with E-state index in [1.165, 1.54) is 10.5 Å². The number of benzene rings is 4. The summed E-state index contributed by atoms with van der Waals surface area (Å²) in [5.74, 6) is -3.90. The Hall–Kier alpha value is -5.62. The number of imide groups is 2. The summed E-state index contributed by atoms with van der Waals surface area (Å²) in [6.07, 6.45) is 4.05. The van der Waals surface area contributed by atoms with Gasteiger partial charge in [0.05, 0.1) is 28.0 Å². The second kappa shape index (κ2) is 14.5. The number of anilines is 1. The molecule has 5 aliphatic rings. The van der Waals surface area contributed by atoms with Crippen LogP contribution in [0.4, 0.5) is 5.82 Å². The number of aromatic hydroxyl groups is 1. The van der Waals surface area contributed by atoms with Crippen LogP contribution in [-0.4, -0.2) is 67.4 Å². The Bertz CT molecular complexity index is 2910. The average molecular weight is 864 g/mol. The summed E-state index contributed by atoms with van der Waals surface area (Å²) < 4.78 is 2.65. The highest BCUT2D eigenvalue weighted by atomic mass is 35.5. The molecule has 10 nitrogen and oxygen atoms in total. The predicted octanol–water partition coefficient (Wildman–Crippen LogP) is 9.02. The molecule has 0 radical (unpaired) electrons. The van der Waals surface area contributed by atoms with Crippen LogP contribution >= 0.6 is 22.9 Å². The highest BCUT2D eigenvalue weighted by Crippen LogP contribution is 2.65. The van der Waals surface area contributed by atoms with Crippen LogP contribution in [0.2, 0.25) is 5.02 Å². The van der Waals surface area contributed by atoms with Crippen molar-refractivity contribution >= 4 is 73.2 Å². The number of carbonyl (C=O) groups excluding carboxylic acids is 4. The van der Waals surface area contributed by atoms with Gasteiger partial charge in [-0.2, -0.15) is 5.10 Å². The molecule has 314 valence electrons. The molecule has 0 spiro atoms. The fourth-order valence-electron chi connectivity index (χ4n) is 11.9. The number of phenolic OH excluding ortho intramolecular Hbond substituents is 1. The monoisotopic (exact) mass is 863 g/mol. The molecule has 3 saturated heterocycles. The van der Waals surface area contributed by atoms with Crippen LogP contribution in [0.1, 0.15) is 55.2 Å². The van der Waals surface area contributed by atoms with E-state index in [1.807, 2.05) is 92.7 Å². The number of piperidine rings is 1. The molecule has 4 fully saturated rings. The standard InChI is InChI=1S/C50H46ClN5O5S/c1-27-36-23-30(51)14-18-40(36)62-45(27)39-25-41(53(3)52-39)56-47(59)38-24-37-33(43(50(38,2)49(56)61)35-15-13-29-11-7-8-12-32(29)44(35)57)16-17-34-42(37)48(60)55(46(34)58)31-19-21-54(22-20-31)26-28-9-5-4-6-10-28/h4-16,18,23,25,31,34,37-38,42-43,57H,17,19-22,24,26H2,1-3H3. The maximum atomic E-state index is 15.4. The zero-order chi connectivity index (χ0) is 42.8. The lowest BCUT2D eigenvalue weighted by Gasteiger charge is -2.49. The summed E-state index contributed by atoms with van der Waals surface area (Å²) in [6, 6.07) is 29.1. The minimum Gasteiger partial charge on any atom is -0.507 e. The number of allylic oxidation sites excluding steroid dienone is 2. The molecule has 6 atom stereocenters. The van der Waals surface area contributed by atoms with Gasteiger partial charge in [-0.05, 0) is 85.5 Å². The number of fused-ring (bicyclic) bond motifs is 6. The lowest BCUT2D eigenvalue weighted by molar-refractivity contribution is -0.144. The first-order valence-electron chi connectivity index (χ1n) is 21.6. The maximum absolute atomic E-state index is 15.4. The van der Waals surface area contributed by atoms with Gasteiger partial charge in [0, 0.05) is 65.4 Å². The first-order valence-corrected chi connectivity index (χ1v) is 22.8. The predicted molar refractivity (Wildman–Crippen MR) is 241 cm³/mol. The van der Waals surface area contributed by atoms with Crippen molar-refractivity contribution in [3.63, 3.8) is 0 Å². The van der Waals surface area contributed by atoms with Crippen molar-refractivity contribution in [3.05, 3.63) is 124 Å². The Labute approximate surface area is 368 Å². The second-order valence-electron chi connectivity index (χ2n) is 18.1. The van der Waals surface area contributed by atoms with Crippen LogP contribution in [0.5, 0.6) is 5.75 Å². The molecule has 2 aromatic heterocycles. The van der Waals surface area contributed by atoms with E-state index in [0.717, 1.165) is 51.1 Å². The molecule has 3 aliphatic heterocycles. The summed E-state index contributed by atoms with van der Waals surface area (Å²) in [6.45, 7) is 6.26. The smallest absolute Gasteiger partial charge is 0.242 e. The quantitative estimate of drug-likeness (QED) is 0.131. The van der Waals surface area contributed by atoms with Crippen LogP contribution in [-0.2, 0) is 32.8 Å². The third kappa shape index (κ3) is 5.73. The minimum atomic E-state index is -1.32. The number of likely N-dealkylation sites (tertiary alicyclic amines) is 2. The van der Waals surface area contributed by atoms with Crippen LogP contribution in [0.25, 0.3) is 31.4 Å². The third-order valence-corrected chi connectivity index (χ3v) is 16.5. The Morgan fingerprint density at radius 1 is 0.871 bits per heavy atom. The van der Waals surface area contributed by atoms with E-state index in [4.69, 9.17) is 16.7 Å². The van der Waals surface area contributed by atoms with Gasteiger partial charge in [0.2, 0.25) is 23.6 Å². The van der Waals surface area contributed by atoms with Gasteiger partial charge in [0.15, 0.2) is 0 Å². The molecule has 62 heavy (non-hydrogen) atoms. The number of amides is 4. The van der Waals surface area contributed by atoms with Crippen LogP contribution in [0, 0.1) is 36.0 Å². The number of aromatic nitrogens is 2. The Morgan fingerprint density at radius 3 is 2.42 bits per heavy atom. The molecule has 6 aromatic rings. The van der Waals surface area contributed by atoms with Gasteiger partial charge in [0.25, 0.3) is 0 Å². The highest BCUT2D eigenvalue weighted by Gasteiger charge is 2.68. The van der Waals surface area contributed by atoms with Gasteiger partial charge in [-0.25, -0.2) is 4.90 Å². The Balaban J connectivity index is 0.965. The summed E-state index contributed by atoms with van der Waals surface area (Å²) in [4.78, 5) is 66.0. The molecule has 2 aliphatic carbocycles. The summed E-state index contributed by atoms with van der Waals surface area (Å²) >= 11 is 7.95. The van der Waals surface area contributed by atoms with Gasteiger partial charge in [0.1, 0.15) is 17.3 Å². The van der Waals surface area contributed by atoms with Crippen molar-refractivity contribution in [2.75, 3.05) is 18.0 Å². The van der Waals surface area contributed by atoms with Crippen molar-refractivity contribution in [1.82, 2.24) is 19.6 Å². The molecule has 12 heteroatoms. The number of phenols is 1. The fraction of sp³-hybridized carbons (Fsp3) is 0.340. The summed E-state index contributed by atoms with van der Waals surface area (Å²) in [5.41, 5.74) is 2.96. The molecular weight excluding hydrogens is 818 g/mol. The molecule has 0 bridgehead atoms. The van der Waals surface area contributed by atoms with E-state index in [0.29, 0.717) is 46.7 Å². The first kappa shape index (κ1) is 39.2. The van der Waals surface area contributed by atoms with E-state index in [-0.39, 0.29) is 41.8 Å². The number of halogens is 1. The SMILES string of the molecule is Cc1c(-c2cc(N3C(=O)C4CC5C(=CCC6C(=O)N(C7CCN(Cc8ccccc8)CC7)C(=O)C65)C(c5ccc6ccccc6c5O)C4(C)C3=O)n(C)n2)sc2ccc(Cl)cc12. The maximum Gasteiger partial charge on any atom is 0.242 e. The zero-order valence-electron chi connectivity index (χ0n) is 34.8. The van der Waals surface area contributed by atoms with Gasteiger partial charge in [-0.1, -0.05) is 90.0 Å². The van der Waals surface area contributed by atoms with E-state index < -0.39 is 35.0 Å². The number of nitrogens with zero attached hydrogens (tertiary/aromatic N) is 5. The van der Waals surface area contributed by atoms with Gasteiger partial charge >= 0.3 is 0 Å². The lowest BCUT2D eigenvalue weighted by atomic mass is 9.51. The summed E-state index contributed by atoms with van der Waals surface area (Å²) in [7, 11) is 1.74. The molecule has 4 amide bonds. The fourth-order valence-corrected chi connectivity index (χ4v) is 13.2. The van der Waals surface area contributed by atoms with E-state index >= 15 is 9.59 Å². The number of aryl methyl sites for hydroxylation is 2. The third-order valence-electron chi connectivity index (χ3n) is 14.9. The topological polar surface area (TPSA) is 116 Å². The average Bonchev–Trinajstić information content (AvgIpc) is 3.95. The number of hydrogen-bond donors (Lipinski definition) is 1. The molecule has 6 unspecified atom stereocenters. The Morgan fingerprint density at radius 2 is 1.63 bits per heavy atom. The second-order valence-corrected chi connectivity index (χ2v) is 19.6. The molecule has 11 rings (SSSR count). The van der Waals surface area contributed by atoms with Crippen molar-refractivity contribution in [3.8, 4) is 16.3 Å². The van der Waals surface area contributed by atoms with Gasteiger partial charge in [-0.15, -0.1) is 11.3 Å². The molecular formula is C50H46ClN5O5S. The number of thiophene rings is 1. The number of carbonyl (C=O) groups is 4. The first-order chi connectivity index (χ1) is 29.9. The normalized spacial score (nSPS) is 26.7. The Kier molecular flexibility index (Phi) is 9.16. The highest BCUT2D eigenvalue weighted by molar-refractivity contribution is 7.22. The molecule has 1 N–H and O–H groups in total. The lowest BCUT2D eigenvalue weighted by Crippen LogP contribution is -2.49. The minimum absolute atomic E-state index is 0.0521. The van der Waals surface area contributed by atoms with E-state index in [9.17, 15) is 14.7 Å². The van der Waals surface area contributed by atoms with Gasteiger partial charge < -0.3 is 5.11 Å². The van der Waals surface area contributed by atoms with Crippen LogP contribution < -0.4 is 4.90 Å². The van der Waals surface area contributed by atoms with Crippen molar-refractivity contribution in [2.24, 2.45) is 36.1 Å². The van der Waals surface area contributed by atoms with E-state index in [2.05, 4.69) is 23.1 Å². The van der Waals surface area contributed by atoms with Crippen molar-refractivity contribution < 1.29 is 24.3 Å². The van der Waals surface area contributed by atoms with Crippen LogP contribution in [0.3, 0.4) is 0 Å².